The van der Waals surface area contributed by atoms with Gasteiger partial charge >= 0.3 is 6.18 Å². The normalized spacial score (nSPS) is 15.9. The minimum atomic E-state index is -4.03. The quantitative estimate of drug-likeness (QED) is 0.571. The molecule has 1 unspecified atom stereocenters. The van der Waals surface area contributed by atoms with Gasteiger partial charge in [-0.2, -0.15) is 13.2 Å². The minimum Gasteiger partial charge on any atom is -0.171 e. The van der Waals surface area contributed by atoms with E-state index in [4.69, 9.17) is 0 Å². The molecule has 0 saturated carbocycles. The molecule has 0 aromatic rings. The zero-order valence-electron chi connectivity index (χ0n) is 6.42. The monoisotopic (exact) mass is 153 g/mol. The first kappa shape index (κ1) is 9.79. The Bertz CT molecular complexity index is 93.5. The van der Waals surface area contributed by atoms with Gasteiger partial charge in [0, 0.05) is 0 Å². The summed E-state index contributed by atoms with van der Waals surface area (Å²) in [4.78, 5) is 0. The second-order valence-corrected chi connectivity index (χ2v) is 2.85. The molecule has 1 radical (unpaired) electrons. The van der Waals surface area contributed by atoms with Crippen molar-refractivity contribution in [1.29, 1.82) is 0 Å². The van der Waals surface area contributed by atoms with E-state index in [1.807, 2.05) is 0 Å². The van der Waals surface area contributed by atoms with Gasteiger partial charge in [-0.05, 0) is 12.3 Å². The van der Waals surface area contributed by atoms with E-state index in [9.17, 15) is 13.2 Å². The zero-order valence-corrected chi connectivity index (χ0v) is 6.42. The predicted octanol–water partition coefficient (Wildman–Crippen LogP) is 3.19. The smallest absolute Gasteiger partial charge is 0.171 e. The van der Waals surface area contributed by atoms with Crippen LogP contribution < -0.4 is 0 Å². The molecule has 0 amide bonds. The van der Waals surface area contributed by atoms with E-state index in [0.717, 1.165) is 5.92 Å². The summed E-state index contributed by atoms with van der Waals surface area (Å²) >= 11 is 0. The molecule has 0 saturated heterocycles. The number of halogens is 3. The van der Waals surface area contributed by atoms with E-state index >= 15 is 0 Å². The third-order valence-corrected chi connectivity index (χ3v) is 1.27. The summed E-state index contributed by atoms with van der Waals surface area (Å²) in [7, 11) is 0. The predicted molar refractivity (Wildman–Crippen MR) is 34.4 cm³/mol. The number of hydrogen-bond donors (Lipinski definition) is 0. The Morgan fingerprint density at radius 2 is 1.70 bits per heavy atom. The van der Waals surface area contributed by atoms with Crippen LogP contribution in [-0.2, 0) is 0 Å². The topological polar surface area (TPSA) is 0 Å². The van der Waals surface area contributed by atoms with Crippen molar-refractivity contribution in [3.8, 4) is 0 Å². The fraction of sp³-hybridized carbons (Fsp3) is 0.857. The standard InChI is InChI=1S/C7H12F3/c1-5(2)4-6(3)7(8,9)10/h6H,4H2,1-3H3. The molecular weight excluding hydrogens is 141 g/mol. The molecule has 0 N–H and O–H groups in total. The van der Waals surface area contributed by atoms with Crippen LogP contribution in [0.2, 0.25) is 0 Å². The zero-order chi connectivity index (χ0) is 8.36. The third-order valence-electron chi connectivity index (χ3n) is 1.27. The van der Waals surface area contributed by atoms with Crippen molar-refractivity contribution in [3.05, 3.63) is 5.92 Å². The number of rotatable bonds is 2. The fourth-order valence-corrected chi connectivity index (χ4v) is 0.728. The molecule has 0 aliphatic heterocycles. The number of alkyl halides is 3. The molecule has 0 aromatic heterocycles. The van der Waals surface area contributed by atoms with Gasteiger partial charge < -0.3 is 0 Å². The van der Waals surface area contributed by atoms with Crippen molar-refractivity contribution in [1.82, 2.24) is 0 Å². The Balaban J connectivity index is 3.73. The molecule has 1 atom stereocenters. The second-order valence-electron chi connectivity index (χ2n) is 2.85. The van der Waals surface area contributed by atoms with Crippen LogP contribution in [0.15, 0.2) is 0 Å². The van der Waals surface area contributed by atoms with Crippen molar-refractivity contribution >= 4 is 0 Å². The van der Waals surface area contributed by atoms with Crippen LogP contribution in [0.1, 0.15) is 27.2 Å². The van der Waals surface area contributed by atoms with E-state index in [1.54, 1.807) is 13.8 Å². The molecule has 0 aliphatic carbocycles. The largest absolute Gasteiger partial charge is 0.391 e. The van der Waals surface area contributed by atoms with E-state index in [0.29, 0.717) is 0 Å². The van der Waals surface area contributed by atoms with Crippen molar-refractivity contribution in [2.45, 2.75) is 33.4 Å². The van der Waals surface area contributed by atoms with E-state index in [1.165, 1.54) is 6.92 Å². The lowest BCUT2D eigenvalue weighted by molar-refractivity contribution is -0.170. The molecule has 0 bridgehead atoms. The number of hydrogen-bond acceptors (Lipinski definition) is 0. The van der Waals surface area contributed by atoms with Gasteiger partial charge in [-0.1, -0.05) is 20.8 Å². The molecule has 0 aromatic carbocycles. The summed E-state index contributed by atoms with van der Waals surface area (Å²) in [5.74, 6) is -0.373. The molecular formula is C7H12F3. The first-order valence-corrected chi connectivity index (χ1v) is 3.19. The molecule has 0 heterocycles. The maximum absolute atomic E-state index is 11.8. The summed E-state index contributed by atoms with van der Waals surface area (Å²) < 4.78 is 35.4. The average molecular weight is 153 g/mol. The van der Waals surface area contributed by atoms with Crippen LogP contribution in [0.5, 0.6) is 0 Å². The Morgan fingerprint density at radius 3 is 1.80 bits per heavy atom. The van der Waals surface area contributed by atoms with Gasteiger partial charge in [0.25, 0.3) is 0 Å². The lowest BCUT2D eigenvalue weighted by Gasteiger charge is -2.16. The molecule has 0 aliphatic rings. The van der Waals surface area contributed by atoms with Gasteiger partial charge in [0.15, 0.2) is 0 Å². The minimum absolute atomic E-state index is 0.142. The summed E-state index contributed by atoms with van der Waals surface area (Å²) in [6.07, 6.45) is -3.89. The maximum atomic E-state index is 11.8. The van der Waals surface area contributed by atoms with Crippen molar-refractivity contribution in [2.24, 2.45) is 5.92 Å². The molecule has 0 rings (SSSR count). The third kappa shape index (κ3) is 3.75. The van der Waals surface area contributed by atoms with E-state index in [-0.39, 0.29) is 6.42 Å². The van der Waals surface area contributed by atoms with Crippen LogP contribution in [0, 0.1) is 11.8 Å². The van der Waals surface area contributed by atoms with Crippen LogP contribution >= 0.6 is 0 Å². The highest BCUT2D eigenvalue weighted by Crippen LogP contribution is 2.30. The molecule has 0 nitrogen and oxygen atoms in total. The Morgan fingerprint density at radius 1 is 1.30 bits per heavy atom. The molecule has 3 heteroatoms. The molecule has 10 heavy (non-hydrogen) atoms. The summed E-state index contributed by atoms with van der Waals surface area (Å²) in [6.45, 7) is 4.62. The highest BCUT2D eigenvalue weighted by molar-refractivity contribution is 4.81. The van der Waals surface area contributed by atoms with E-state index in [2.05, 4.69) is 0 Å². The summed E-state index contributed by atoms with van der Waals surface area (Å²) in [5, 5.41) is 0. The Kier molecular flexibility index (Phi) is 3.19. The highest BCUT2D eigenvalue weighted by atomic mass is 19.4. The molecule has 61 valence electrons. The highest BCUT2D eigenvalue weighted by Gasteiger charge is 2.35. The van der Waals surface area contributed by atoms with Gasteiger partial charge in [0.1, 0.15) is 0 Å². The van der Waals surface area contributed by atoms with Gasteiger partial charge in [0.05, 0.1) is 5.92 Å². The molecule has 0 spiro atoms. The first-order chi connectivity index (χ1) is 4.34. The van der Waals surface area contributed by atoms with Gasteiger partial charge in [-0.15, -0.1) is 0 Å². The second kappa shape index (κ2) is 3.26. The van der Waals surface area contributed by atoms with Crippen LogP contribution in [0.25, 0.3) is 0 Å². The Labute approximate surface area is 59.4 Å². The van der Waals surface area contributed by atoms with Gasteiger partial charge in [-0.25, -0.2) is 0 Å². The SMILES string of the molecule is C[C](C)CC(C)C(F)(F)F. The van der Waals surface area contributed by atoms with Gasteiger partial charge in [-0.3, -0.25) is 0 Å². The molecule has 0 fully saturated rings. The van der Waals surface area contributed by atoms with Crippen LogP contribution in [0.4, 0.5) is 13.2 Å². The summed E-state index contributed by atoms with van der Waals surface area (Å²) in [6, 6.07) is 0. The first-order valence-electron chi connectivity index (χ1n) is 3.19. The van der Waals surface area contributed by atoms with Crippen LogP contribution in [-0.4, -0.2) is 6.18 Å². The Hall–Kier alpha value is -0.210. The van der Waals surface area contributed by atoms with Crippen molar-refractivity contribution in [3.63, 3.8) is 0 Å². The fourth-order valence-electron chi connectivity index (χ4n) is 0.728. The average Bonchev–Trinajstić information content (AvgIpc) is 1.60. The maximum Gasteiger partial charge on any atom is 0.391 e. The van der Waals surface area contributed by atoms with E-state index < -0.39 is 12.1 Å². The van der Waals surface area contributed by atoms with Gasteiger partial charge in [0.2, 0.25) is 0 Å². The van der Waals surface area contributed by atoms with Crippen molar-refractivity contribution in [2.75, 3.05) is 0 Å². The lowest BCUT2D eigenvalue weighted by Crippen LogP contribution is -2.20. The van der Waals surface area contributed by atoms with Crippen LogP contribution in [0.3, 0.4) is 0 Å². The van der Waals surface area contributed by atoms with Crippen molar-refractivity contribution < 1.29 is 13.2 Å². The summed E-state index contributed by atoms with van der Waals surface area (Å²) in [5.41, 5.74) is 0. The lowest BCUT2D eigenvalue weighted by atomic mass is 9.99.